The van der Waals surface area contributed by atoms with Gasteiger partial charge in [0, 0.05) is 5.88 Å². The van der Waals surface area contributed by atoms with Gasteiger partial charge in [0.1, 0.15) is 5.69 Å². The number of alkyl halides is 1. The van der Waals surface area contributed by atoms with E-state index in [2.05, 4.69) is 24.0 Å². The number of benzene rings is 1. The minimum atomic E-state index is 0.421. The van der Waals surface area contributed by atoms with Crippen molar-refractivity contribution in [2.24, 2.45) is 5.92 Å². The Morgan fingerprint density at radius 1 is 1.33 bits per heavy atom. The lowest BCUT2D eigenvalue weighted by atomic mass is 10.0. The van der Waals surface area contributed by atoms with Gasteiger partial charge in [-0.2, -0.15) is 9.90 Å². The van der Waals surface area contributed by atoms with Crippen LogP contribution in [0, 0.1) is 5.92 Å². The van der Waals surface area contributed by atoms with Crippen molar-refractivity contribution in [3.63, 3.8) is 0 Å². The van der Waals surface area contributed by atoms with Crippen LogP contribution in [0.4, 0.5) is 0 Å². The topological polar surface area (TPSA) is 30.7 Å². The molecule has 3 nitrogen and oxygen atoms in total. The summed E-state index contributed by atoms with van der Waals surface area (Å²) in [5.74, 6) is 0.944. The molecule has 94 valence electrons. The number of hydrogen-bond donors (Lipinski definition) is 0. The first-order chi connectivity index (χ1) is 8.70. The number of para-hydroxylation sites is 1. The molecule has 0 aliphatic heterocycles. The summed E-state index contributed by atoms with van der Waals surface area (Å²) >= 11 is 5.91. The second-order valence-electron chi connectivity index (χ2n) is 4.40. The third kappa shape index (κ3) is 2.99. The van der Waals surface area contributed by atoms with E-state index in [9.17, 15) is 0 Å². The lowest BCUT2D eigenvalue weighted by Crippen LogP contribution is -1.98. The van der Waals surface area contributed by atoms with Crippen molar-refractivity contribution in [3.8, 4) is 5.69 Å². The van der Waals surface area contributed by atoms with Crippen LogP contribution in [0.2, 0.25) is 0 Å². The second-order valence-corrected chi connectivity index (χ2v) is 4.67. The van der Waals surface area contributed by atoms with Crippen molar-refractivity contribution in [3.05, 3.63) is 47.8 Å². The zero-order valence-corrected chi connectivity index (χ0v) is 11.3. The minimum absolute atomic E-state index is 0.421. The van der Waals surface area contributed by atoms with Gasteiger partial charge < -0.3 is 0 Å². The predicted octanol–water partition coefficient (Wildman–Crippen LogP) is 3.55. The summed E-state index contributed by atoms with van der Waals surface area (Å²) < 4.78 is 0. The molecule has 0 amide bonds. The number of rotatable bonds is 4. The summed E-state index contributed by atoms with van der Waals surface area (Å²) in [5, 5.41) is 8.67. The lowest BCUT2D eigenvalue weighted by molar-refractivity contribution is 0.748. The maximum atomic E-state index is 5.91. The standard InChI is InChI=1S/C14H16ClN3/c1-11(2)12(9-15)8-13-10-16-18(17-13)14-6-4-3-5-7-14/h3-8,10-11H,9H2,1-2H3. The Morgan fingerprint density at radius 2 is 2.06 bits per heavy atom. The van der Waals surface area contributed by atoms with E-state index in [1.54, 1.807) is 11.0 Å². The molecule has 0 N–H and O–H groups in total. The summed E-state index contributed by atoms with van der Waals surface area (Å²) in [5.41, 5.74) is 2.95. The van der Waals surface area contributed by atoms with Gasteiger partial charge >= 0.3 is 0 Å². The van der Waals surface area contributed by atoms with Gasteiger partial charge in [0.2, 0.25) is 0 Å². The Labute approximate surface area is 112 Å². The molecular formula is C14H16ClN3. The van der Waals surface area contributed by atoms with E-state index in [0.29, 0.717) is 11.8 Å². The zero-order valence-electron chi connectivity index (χ0n) is 10.5. The van der Waals surface area contributed by atoms with E-state index in [1.807, 2.05) is 36.4 Å². The molecule has 0 saturated heterocycles. The van der Waals surface area contributed by atoms with Crippen LogP contribution in [0.25, 0.3) is 11.8 Å². The van der Waals surface area contributed by atoms with Gasteiger partial charge in [-0.3, -0.25) is 0 Å². The number of halogens is 1. The summed E-state index contributed by atoms with van der Waals surface area (Å²) in [4.78, 5) is 1.62. The Kier molecular flexibility index (Phi) is 4.15. The molecule has 1 aromatic carbocycles. The highest BCUT2D eigenvalue weighted by Crippen LogP contribution is 2.15. The lowest BCUT2D eigenvalue weighted by Gasteiger charge is -2.05. The Balaban J connectivity index is 2.26. The number of aromatic nitrogens is 3. The molecule has 0 aliphatic carbocycles. The number of nitrogens with zero attached hydrogens (tertiary/aromatic N) is 3. The maximum absolute atomic E-state index is 5.91. The van der Waals surface area contributed by atoms with E-state index in [0.717, 1.165) is 17.0 Å². The SMILES string of the molecule is CC(C)C(=Cc1cnn(-c2ccccc2)n1)CCl. The van der Waals surface area contributed by atoms with Crippen molar-refractivity contribution in [2.75, 3.05) is 5.88 Å². The van der Waals surface area contributed by atoms with E-state index in [1.165, 1.54) is 0 Å². The molecule has 1 heterocycles. The van der Waals surface area contributed by atoms with Crippen molar-refractivity contribution >= 4 is 17.7 Å². The molecule has 1 aromatic heterocycles. The molecule has 2 aromatic rings. The fourth-order valence-electron chi connectivity index (χ4n) is 1.58. The van der Waals surface area contributed by atoms with Crippen LogP contribution in [-0.4, -0.2) is 20.9 Å². The van der Waals surface area contributed by atoms with Crippen LogP contribution in [0.3, 0.4) is 0 Å². The molecule has 0 aliphatic rings. The third-order valence-electron chi connectivity index (χ3n) is 2.73. The Bertz CT molecular complexity index is 529. The Morgan fingerprint density at radius 3 is 2.67 bits per heavy atom. The molecular weight excluding hydrogens is 246 g/mol. The van der Waals surface area contributed by atoms with Crippen LogP contribution >= 0.6 is 11.6 Å². The summed E-state index contributed by atoms with van der Waals surface area (Å²) in [6.07, 6.45) is 3.76. The average molecular weight is 262 g/mol. The van der Waals surface area contributed by atoms with Gasteiger partial charge in [0.05, 0.1) is 11.9 Å². The smallest absolute Gasteiger partial charge is 0.106 e. The van der Waals surface area contributed by atoms with Gasteiger partial charge in [-0.15, -0.1) is 16.7 Å². The highest BCUT2D eigenvalue weighted by atomic mass is 35.5. The first kappa shape index (κ1) is 12.8. The number of allylic oxidation sites excluding steroid dienone is 1. The maximum Gasteiger partial charge on any atom is 0.106 e. The number of hydrogen-bond acceptors (Lipinski definition) is 2. The van der Waals surface area contributed by atoms with Crippen molar-refractivity contribution in [1.29, 1.82) is 0 Å². The molecule has 18 heavy (non-hydrogen) atoms. The van der Waals surface area contributed by atoms with E-state index in [-0.39, 0.29) is 0 Å². The molecule has 0 spiro atoms. The van der Waals surface area contributed by atoms with E-state index < -0.39 is 0 Å². The van der Waals surface area contributed by atoms with Crippen LogP contribution in [0.5, 0.6) is 0 Å². The summed E-state index contributed by atoms with van der Waals surface area (Å²) in [6.45, 7) is 4.24. The molecule has 0 radical (unpaired) electrons. The van der Waals surface area contributed by atoms with Gasteiger partial charge in [0.15, 0.2) is 0 Å². The molecule has 4 heteroatoms. The highest BCUT2D eigenvalue weighted by molar-refractivity contribution is 6.19. The van der Waals surface area contributed by atoms with E-state index in [4.69, 9.17) is 11.6 Å². The fraction of sp³-hybridized carbons (Fsp3) is 0.286. The first-order valence-electron chi connectivity index (χ1n) is 5.95. The van der Waals surface area contributed by atoms with Crippen LogP contribution < -0.4 is 0 Å². The molecule has 0 bridgehead atoms. The zero-order chi connectivity index (χ0) is 13.0. The predicted molar refractivity (Wildman–Crippen MR) is 74.9 cm³/mol. The average Bonchev–Trinajstić information content (AvgIpc) is 2.85. The molecule has 2 rings (SSSR count). The van der Waals surface area contributed by atoms with Gasteiger partial charge in [-0.25, -0.2) is 0 Å². The van der Waals surface area contributed by atoms with Crippen molar-refractivity contribution in [1.82, 2.24) is 15.0 Å². The van der Waals surface area contributed by atoms with Gasteiger partial charge in [-0.1, -0.05) is 37.6 Å². The van der Waals surface area contributed by atoms with Crippen molar-refractivity contribution in [2.45, 2.75) is 13.8 Å². The molecule has 0 unspecified atom stereocenters. The molecule has 0 atom stereocenters. The third-order valence-corrected chi connectivity index (χ3v) is 3.03. The Hall–Kier alpha value is -1.61. The fourth-order valence-corrected chi connectivity index (χ4v) is 1.96. The minimum Gasteiger partial charge on any atom is -0.156 e. The summed E-state index contributed by atoms with van der Waals surface area (Å²) in [6, 6.07) is 9.84. The normalized spacial score (nSPS) is 12.1. The van der Waals surface area contributed by atoms with Crippen LogP contribution in [-0.2, 0) is 0 Å². The largest absolute Gasteiger partial charge is 0.156 e. The van der Waals surface area contributed by atoms with Crippen molar-refractivity contribution < 1.29 is 0 Å². The van der Waals surface area contributed by atoms with Crippen LogP contribution in [0.15, 0.2) is 42.1 Å². The van der Waals surface area contributed by atoms with Gasteiger partial charge in [-0.05, 0) is 24.1 Å². The van der Waals surface area contributed by atoms with Crippen LogP contribution in [0.1, 0.15) is 19.5 Å². The second kappa shape index (κ2) is 5.83. The first-order valence-corrected chi connectivity index (χ1v) is 6.48. The van der Waals surface area contributed by atoms with Gasteiger partial charge in [0.25, 0.3) is 0 Å². The van der Waals surface area contributed by atoms with E-state index >= 15 is 0 Å². The molecule has 0 fully saturated rings. The monoisotopic (exact) mass is 261 g/mol. The molecule has 0 saturated carbocycles. The highest BCUT2D eigenvalue weighted by Gasteiger charge is 2.05. The summed E-state index contributed by atoms with van der Waals surface area (Å²) in [7, 11) is 0. The quantitative estimate of drug-likeness (QED) is 0.788.